The fourth-order valence-electron chi connectivity index (χ4n) is 1.92. The molecule has 0 aliphatic heterocycles. The van der Waals surface area contributed by atoms with E-state index in [1.165, 1.54) is 0 Å². The van der Waals surface area contributed by atoms with Gasteiger partial charge >= 0.3 is 0 Å². The SMILES string of the molecule is Cc1cc(F)c(S(=O)(=O)NC(CCO)C(C)(C)C)cc1N. The molecule has 7 heteroatoms. The highest BCUT2D eigenvalue weighted by Crippen LogP contribution is 2.26. The molecule has 21 heavy (non-hydrogen) atoms. The maximum atomic E-state index is 13.9. The van der Waals surface area contributed by atoms with E-state index in [0.29, 0.717) is 5.56 Å². The van der Waals surface area contributed by atoms with E-state index in [2.05, 4.69) is 4.72 Å². The van der Waals surface area contributed by atoms with Gasteiger partial charge in [0.2, 0.25) is 10.0 Å². The third kappa shape index (κ3) is 4.39. The second-order valence-electron chi connectivity index (χ2n) is 6.19. The molecule has 1 aromatic rings. The van der Waals surface area contributed by atoms with Gasteiger partial charge in [0.1, 0.15) is 10.7 Å². The standard InChI is InChI=1S/C14H23FN2O3S/c1-9-7-10(15)12(8-11(9)16)21(19,20)17-13(5-6-18)14(2,3)4/h7-8,13,17-18H,5-6,16H2,1-4H3. The van der Waals surface area contributed by atoms with Gasteiger partial charge in [-0.05, 0) is 36.5 Å². The van der Waals surface area contributed by atoms with Crippen molar-refractivity contribution in [3.63, 3.8) is 0 Å². The highest BCUT2D eigenvalue weighted by molar-refractivity contribution is 7.89. The van der Waals surface area contributed by atoms with Crippen molar-refractivity contribution in [2.45, 2.75) is 45.1 Å². The van der Waals surface area contributed by atoms with E-state index < -0.39 is 32.2 Å². The zero-order valence-electron chi connectivity index (χ0n) is 12.8. The summed E-state index contributed by atoms with van der Waals surface area (Å²) in [6, 6.07) is 1.70. The number of hydrogen-bond acceptors (Lipinski definition) is 4. The number of nitrogens with two attached hydrogens (primary N) is 1. The molecule has 0 bridgehead atoms. The summed E-state index contributed by atoms with van der Waals surface area (Å²) in [7, 11) is -4.05. The maximum absolute atomic E-state index is 13.9. The van der Waals surface area contributed by atoms with Gasteiger partial charge in [0, 0.05) is 18.3 Å². The van der Waals surface area contributed by atoms with Gasteiger partial charge in [0.15, 0.2) is 0 Å². The van der Waals surface area contributed by atoms with Crippen molar-refractivity contribution in [3.05, 3.63) is 23.5 Å². The number of benzene rings is 1. The Kier molecular flexibility index (Phi) is 5.35. The minimum absolute atomic E-state index is 0.164. The first kappa shape index (κ1) is 17.9. The van der Waals surface area contributed by atoms with Crippen LogP contribution in [0.15, 0.2) is 17.0 Å². The van der Waals surface area contributed by atoms with Crippen LogP contribution >= 0.6 is 0 Å². The lowest BCUT2D eigenvalue weighted by Crippen LogP contribution is -2.44. The quantitative estimate of drug-likeness (QED) is 0.722. The molecule has 0 aliphatic carbocycles. The van der Waals surface area contributed by atoms with E-state index in [1.807, 2.05) is 20.8 Å². The van der Waals surface area contributed by atoms with Crippen LogP contribution in [-0.4, -0.2) is 26.2 Å². The number of rotatable bonds is 5. The van der Waals surface area contributed by atoms with Crippen LogP contribution in [-0.2, 0) is 10.0 Å². The zero-order valence-corrected chi connectivity index (χ0v) is 13.6. The van der Waals surface area contributed by atoms with Gasteiger partial charge in [-0.3, -0.25) is 0 Å². The Morgan fingerprint density at radius 3 is 2.43 bits per heavy atom. The van der Waals surface area contributed by atoms with Crippen LogP contribution in [0, 0.1) is 18.2 Å². The molecule has 120 valence electrons. The van der Waals surface area contributed by atoms with Crippen LogP contribution in [0.4, 0.5) is 10.1 Å². The van der Waals surface area contributed by atoms with E-state index in [-0.39, 0.29) is 18.7 Å². The highest BCUT2D eigenvalue weighted by atomic mass is 32.2. The number of halogens is 1. The molecule has 0 radical (unpaired) electrons. The Labute approximate surface area is 125 Å². The summed E-state index contributed by atoms with van der Waals surface area (Å²) in [5.41, 5.74) is 5.94. The number of sulfonamides is 1. The van der Waals surface area contributed by atoms with Gasteiger partial charge in [-0.15, -0.1) is 0 Å². The largest absolute Gasteiger partial charge is 0.398 e. The summed E-state index contributed by atoms with van der Waals surface area (Å²) < 4.78 is 41.1. The molecule has 0 aromatic heterocycles. The molecule has 1 unspecified atom stereocenters. The first-order valence-corrected chi connectivity index (χ1v) is 8.16. The van der Waals surface area contributed by atoms with Gasteiger partial charge < -0.3 is 10.8 Å². The van der Waals surface area contributed by atoms with Gasteiger partial charge in [-0.25, -0.2) is 17.5 Å². The molecule has 0 heterocycles. The van der Waals surface area contributed by atoms with Crippen LogP contribution in [0.5, 0.6) is 0 Å². The van der Waals surface area contributed by atoms with Crippen LogP contribution in [0.2, 0.25) is 0 Å². The van der Waals surface area contributed by atoms with Crippen molar-refractivity contribution in [2.75, 3.05) is 12.3 Å². The van der Waals surface area contributed by atoms with Crippen LogP contribution in [0.3, 0.4) is 0 Å². The number of hydrogen-bond donors (Lipinski definition) is 3. The fraction of sp³-hybridized carbons (Fsp3) is 0.571. The lowest BCUT2D eigenvalue weighted by molar-refractivity contribution is 0.214. The predicted molar refractivity (Wildman–Crippen MR) is 80.8 cm³/mol. The van der Waals surface area contributed by atoms with E-state index in [0.717, 1.165) is 12.1 Å². The normalized spacial score (nSPS) is 14.2. The van der Waals surface area contributed by atoms with Gasteiger partial charge in [0.25, 0.3) is 0 Å². The average Bonchev–Trinajstić information content (AvgIpc) is 2.31. The Balaban J connectivity index is 3.20. The number of aliphatic hydroxyl groups excluding tert-OH is 1. The molecule has 0 aliphatic rings. The van der Waals surface area contributed by atoms with E-state index in [1.54, 1.807) is 6.92 Å². The van der Waals surface area contributed by atoms with Gasteiger partial charge in [0.05, 0.1) is 0 Å². The summed E-state index contributed by atoms with van der Waals surface area (Å²) >= 11 is 0. The van der Waals surface area contributed by atoms with Crippen molar-refractivity contribution >= 4 is 15.7 Å². The molecule has 0 spiro atoms. The lowest BCUT2D eigenvalue weighted by atomic mass is 9.86. The first-order valence-electron chi connectivity index (χ1n) is 6.68. The number of anilines is 1. The lowest BCUT2D eigenvalue weighted by Gasteiger charge is -2.30. The molecule has 5 nitrogen and oxygen atoms in total. The monoisotopic (exact) mass is 318 g/mol. The third-order valence-electron chi connectivity index (χ3n) is 3.37. The Morgan fingerprint density at radius 1 is 1.38 bits per heavy atom. The predicted octanol–water partition coefficient (Wildman–Crippen LogP) is 1.79. The molecule has 1 rings (SSSR count). The number of aliphatic hydroxyl groups is 1. The molecule has 1 atom stereocenters. The maximum Gasteiger partial charge on any atom is 0.243 e. The summed E-state index contributed by atoms with van der Waals surface area (Å²) in [6.07, 6.45) is 0.242. The van der Waals surface area contributed by atoms with Crippen LogP contribution < -0.4 is 10.5 Å². The smallest absolute Gasteiger partial charge is 0.243 e. The molecule has 0 fully saturated rings. The van der Waals surface area contributed by atoms with Crippen molar-refractivity contribution in [3.8, 4) is 0 Å². The summed E-state index contributed by atoms with van der Waals surface area (Å²) in [4.78, 5) is -0.474. The van der Waals surface area contributed by atoms with Crippen molar-refractivity contribution < 1.29 is 17.9 Å². The van der Waals surface area contributed by atoms with Crippen LogP contribution in [0.1, 0.15) is 32.8 Å². The summed E-state index contributed by atoms with van der Waals surface area (Å²) in [5.74, 6) is -0.842. The fourth-order valence-corrected chi connectivity index (χ4v) is 3.49. The third-order valence-corrected chi connectivity index (χ3v) is 4.86. The van der Waals surface area contributed by atoms with Crippen molar-refractivity contribution in [1.29, 1.82) is 0 Å². The molecule has 0 saturated heterocycles. The second kappa shape index (κ2) is 6.29. The first-order chi connectivity index (χ1) is 9.49. The number of nitrogen functional groups attached to an aromatic ring is 1. The van der Waals surface area contributed by atoms with E-state index >= 15 is 0 Å². The minimum Gasteiger partial charge on any atom is -0.398 e. The van der Waals surface area contributed by atoms with Crippen LogP contribution in [0.25, 0.3) is 0 Å². The average molecular weight is 318 g/mol. The van der Waals surface area contributed by atoms with Crippen molar-refractivity contribution in [1.82, 2.24) is 4.72 Å². The van der Waals surface area contributed by atoms with E-state index in [9.17, 15) is 12.8 Å². The molecule has 0 amide bonds. The summed E-state index contributed by atoms with van der Waals surface area (Å²) in [5, 5.41) is 9.07. The van der Waals surface area contributed by atoms with Gasteiger partial charge in [-0.1, -0.05) is 20.8 Å². The van der Waals surface area contributed by atoms with Gasteiger partial charge in [-0.2, -0.15) is 0 Å². The molecular weight excluding hydrogens is 295 g/mol. The summed E-state index contributed by atoms with van der Waals surface area (Å²) in [6.45, 7) is 6.97. The highest BCUT2D eigenvalue weighted by Gasteiger charge is 2.30. The topological polar surface area (TPSA) is 92.4 Å². The van der Waals surface area contributed by atoms with E-state index in [4.69, 9.17) is 10.8 Å². The molecular formula is C14H23FN2O3S. The van der Waals surface area contributed by atoms with Crippen molar-refractivity contribution in [2.24, 2.45) is 5.41 Å². The second-order valence-corrected chi connectivity index (χ2v) is 7.87. The number of nitrogens with one attached hydrogen (secondary N) is 1. The molecule has 4 N–H and O–H groups in total. The zero-order chi connectivity index (χ0) is 16.4. The minimum atomic E-state index is -4.05. The Bertz CT molecular complexity index is 609. The number of aryl methyl sites for hydroxylation is 1. The Hall–Kier alpha value is -1.18. The molecule has 1 aromatic carbocycles. The Morgan fingerprint density at radius 2 is 1.95 bits per heavy atom. The molecule has 0 saturated carbocycles.